The van der Waals surface area contributed by atoms with E-state index >= 15 is 0 Å². The maximum atomic E-state index is 10.5. The molecule has 0 aromatic carbocycles. The zero-order chi connectivity index (χ0) is 13.2. The van der Waals surface area contributed by atoms with Crippen molar-refractivity contribution in [1.29, 1.82) is 0 Å². The SMILES string of the molecule is O=[N+]([O-])c1ccc(CNC2CCCc3occc32)o1. The van der Waals surface area contributed by atoms with Crippen LogP contribution in [0.1, 0.15) is 36.0 Å². The second kappa shape index (κ2) is 4.89. The van der Waals surface area contributed by atoms with Crippen molar-refractivity contribution in [3.05, 3.63) is 51.7 Å². The first-order valence-corrected chi connectivity index (χ1v) is 6.27. The normalized spacial score (nSPS) is 18.2. The molecule has 0 fully saturated rings. The molecule has 1 atom stereocenters. The number of hydrogen-bond donors (Lipinski definition) is 1. The summed E-state index contributed by atoms with van der Waals surface area (Å²) in [5, 5.41) is 13.9. The molecule has 6 nitrogen and oxygen atoms in total. The molecule has 0 bridgehead atoms. The molecule has 1 N–H and O–H groups in total. The molecule has 0 saturated carbocycles. The van der Waals surface area contributed by atoms with Crippen LogP contribution in [0.15, 0.2) is 33.3 Å². The smallest absolute Gasteiger partial charge is 0.433 e. The average Bonchev–Trinajstić information content (AvgIpc) is 3.05. The van der Waals surface area contributed by atoms with Gasteiger partial charge >= 0.3 is 5.88 Å². The molecule has 1 aliphatic rings. The van der Waals surface area contributed by atoms with Gasteiger partial charge in [0.05, 0.1) is 18.9 Å². The van der Waals surface area contributed by atoms with Gasteiger partial charge in [-0.2, -0.15) is 0 Å². The topological polar surface area (TPSA) is 81.5 Å². The molecule has 0 amide bonds. The van der Waals surface area contributed by atoms with E-state index in [9.17, 15) is 10.1 Å². The van der Waals surface area contributed by atoms with E-state index in [-0.39, 0.29) is 11.9 Å². The standard InChI is InChI=1S/C13H14N2O4/c16-15(17)13-5-4-9(19-13)8-14-11-2-1-3-12-10(11)6-7-18-12/h4-7,11,14H,1-3,8H2. The third kappa shape index (κ3) is 2.39. The minimum absolute atomic E-state index is 0.218. The van der Waals surface area contributed by atoms with Gasteiger partial charge in [0.15, 0.2) is 0 Å². The fraction of sp³-hybridized carbons (Fsp3) is 0.385. The van der Waals surface area contributed by atoms with Gasteiger partial charge in [-0.3, -0.25) is 10.1 Å². The highest BCUT2D eigenvalue weighted by atomic mass is 16.6. The Balaban J connectivity index is 1.65. The van der Waals surface area contributed by atoms with E-state index in [1.807, 2.05) is 6.07 Å². The van der Waals surface area contributed by atoms with Crippen molar-refractivity contribution in [3.8, 4) is 0 Å². The number of hydrogen-bond acceptors (Lipinski definition) is 5. The van der Waals surface area contributed by atoms with Crippen LogP contribution in [0.3, 0.4) is 0 Å². The molecule has 0 saturated heterocycles. The zero-order valence-electron chi connectivity index (χ0n) is 10.3. The van der Waals surface area contributed by atoms with Gasteiger partial charge in [0.2, 0.25) is 0 Å². The van der Waals surface area contributed by atoms with Gasteiger partial charge in [-0.15, -0.1) is 0 Å². The number of nitrogens with zero attached hydrogens (tertiary/aromatic N) is 1. The van der Waals surface area contributed by atoms with Crippen molar-refractivity contribution in [2.45, 2.75) is 31.8 Å². The highest BCUT2D eigenvalue weighted by molar-refractivity contribution is 5.24. The molecule has 3 rings (SSSR count). The van der Waals surface area contributed by atoms with Crippen LogP contribution in [0.25, 0.3) is 0 Å². The summed E-state index contributed by atoms with van der Waals surface area (Å²) in [4.78, 5) is 10.00. The summed E-state index contributed by atoms with van der Waals surface area (Å²) in [5.41, 5.74) is 1.19. The number of rotatable bonds is 4. The fourth-order valence-corrected chi connectivity index (χ4v) is 2.48. The number of aryl methyl sites for hydroxylation is 1. The summed E-state index contributed by atoms with van der Waals surface area (Å²) < 4.78 is 10.5. The van der Waals surface area contributed by atoms with Gasteiger partial charge in [0.25, 0.3) is 0 Å². The molecule has 0 aliphatic heterocycles. The third-order valence-electron chi connectivity index (χ3n) is 3.40. The van der Waals surface area contributed by atoms with E-state index in [2.05, 4.69) is 5.32 Å². The van der Waals surface area contributed by atoms with E-state index < -0.39 is 4.92 Å². The Morgan fingerprint density at radius 1 is 1.42 bits per heavy atom. The fourth-order valence-electron chi connectivity index (χ4n) is 2.48. The summed E-state index contributed by atoms with van der Waals surface area (Å²) in [5.74, 6) is 1.39. The summed E-state index contributed by atoms with van der Waals surface area (Å²) in [7, 11) is 0. The van der Waals surface area contributed by atoms with Crippen molar-refractivity contribution >= 4 is 5.88 Å². The molecule has 1 unspecified atom stereocenters. The summed E-state index contributed by atoms with van der Waals surface area (Å²) >= 11 is 0. The van der Waals surface area contributed by atoms with E-state index in [1.165, 1.54) is 11.6 Å². The summed E-state index contributed by atoms with van der Waals surface area (Å²) in [6.45, 7) is 0.475. The second-order valence-corrected chi connectivity index (χ2v) is 4.62. The molecular formula is C13H14N2O4. The van der Waals surface area contributed by atoms with Crippen LogP contribution < -0.4 is 5.32 Å². The lowest BCUT2D eigenvalue weighted by atomic mass is 9.93. The lowest BCUT2D eigenvalue weighted by molar-refractivity contribution is -0.402. The molecule has 19 heavy (non-hydrogen) atoms. The predicted molar refractivity (Wildman–Crippen MR) is 66.6 cm³/mol. The second-order valence-electron chi connectivity index (χ2n) is 4.62. The lowest BCUT2D eigenvalue weighted by Gasteiger charge is -2.22. The van der Waals surface area contributed by atoms with Crippen LogP contribution in [0.4, 0.5) is 5.88 Å². The van der Waals surface area contributed by atoms with Crippen molar-refractivity contribution in [3.63, 3.8) is 0 Å². The first-order chi connectivity index (χ1) is 9.24. The van der Waals surface area contributed by atoms with E-state index in [4.69, 9.17) is 8.83 Å². The minimum atomic E-state index is -0.529. The zero-order valence-corrected chi connectivity index (χ0v) is 10.3. The largest absolute Gasteiger partial charge is 0.469 e. The monoisotopic (exact) mass is 262 g/mol. The maximum Gasteiger partial charge on any atom is 0.433 e. The molecule has 2 aromatic heterocycles. The van der Waals surface area contributed by atoms with Gasteiger partial charge < -0.3 is 14.2 Å². The van der Waals surface area contributed by atoms with Gasteiger partial charge in [0.1, 0.15) is 16.4 Å². The van der Waals surface area contributed by atoms with Crippen LogP contribution >= 0.6 is 0 Å². The van der Waals surface area contributed by atoms with E-state index in [0.717, 1.165) is 25.0 Å². The average molecular weight is 262 g/mol. The molecule has 2 heterocycles. The number of nitrogens with one attached hydrogen (secondary N) is 1. The molecule has 1 aliphatic carbocycles. The van der Waals surface area contributed by atoms with Crippen molar-refractivity contribution in [1.82, 2.24) is 5.32 Å². The molecule has 100 valence electrons. The minimum Gasteiger partial charge on any atom is -0.469 e. The Kier molecular flexibility index (Phi) is 3.08. The number of furan rings is 2. The predicted octanol–water partition coefficient (Wildman–Crippen LogP) is 2.95. The Labute approximate surface area is 109 Å². The summed E-state index contributed by atoms with van der Waals surface area (Å²) in [6, 6.07) is 5.22. The number of fused-ring (bicyclic) bond motifs is 1. The number of nitro groups is 1. The first-order valence-electron chi connectivity index (χ1n) is 6.27. The molecule has 0 radical (unpaired) electrons. The van der Waals surface area contributed by atoms with Crippen molar-refractivity contribution < 1.29 is 13.8 Å². The van der Waals surface area contributed by atoms with Crippen LogP contribution in [0, 0.1) is 10.1 Å². The van der Waals surface area contributed by atoms with Gasteiger partial charge in [-0.25, -0.2) is 0 Å². The molecule has 6 heteroatoms. The third-order valence-corrected chi connectivity index (χ3v) is 3.40. The van der Waals surface area contributed by atoms with Gasteiger partial charge in [-0.1, -0.05) is 0 Å². The molecular weight excluding hydrogens is 248 g/mol. The van der Waals surface area contributed by atoms with Crippen molar-refractivity contribution in [2.24, 2.45) is 0 Å². The molecule has 0 spiro atoms. The maximum absolute atomic E-state index is 10.5. The highest BCUT2D eigenvalue weighted by Crippen LogP contribution is 2.30. The van der Waals surface area contributed by atoms with E-state index in [0.29, 0.717) is 12.3 Å². The van der Waals surface area contributed by atoms with Crippen LogP contribution in [-0.2, 0) is 13.0 Å². The van der Waals surface area contributed by atoms with Gasteiger partial charge in [-0.05, 0) is 25.0 Å². The first kappa shape index (κ1) is 12.0. The van der Waals surface area contributed by atoms with Crippen LogP contribution in [0.2, 0.25) is 0 Å². The van der Waals surface area contributed by atoms with Gasteiger partial charge in [0, 0.05) is 18.0 Å². The summed E-state index contributed by atoms with van der Waals surface area (Å²) in [6.07, 6.45) is 4.81. The lowest BCUT2D eigenvalue weighted by Crippen LogP contribution is -2.23. The highest BCUT2D eigenvalue weighted by Gasteiger charge is 2.22. The van der Waals surface area contributed by atoms with Crippen molar-refractivity contribution in [2.75, 3.05) is 0 Å². The Bertz CT molecular complexity index is 587. The Morgan fingerprint density at radius 2 is 2.32 bits per heavy atom. The Morgan fingerprint density at radius 3 is 3.11 bits per heavy atom. The Hall–Kier alpha value is -2.08. The quantitative estimate of drug-likeness (QED) is 0.676. The van der Waals surface area contributed by atoms with Crippen LogP contribution in [0.5, 0.6) is 0 Å². The van der Waals surface area contributed by atoms with Crippen LogP contribution in [-0.4, -0.2) is 4.92 Å². The molecule has 2 aromatic rings. The van der Waals surface area contributed by atoms with E-state index in [1.54, 1.807) is 12.3 Å².